The van der Waals surface area contributed by atoms with Gasteiger partial charge < -0.3 is 9.40 Å². The molecule has 0 aliphatic heterocycles. The second-order valence-electron chi connectivity index (χ2n) is 8.56. The summed E-state index contributed by atoms with van der Waals surface area (Å²) in [6.45, 7) is 0. The molecule has 1 N–H and O–H groups in total. The Labute approximate surface area is 182 Å². The van der Waals surface area contributed by atoms with Crippen LogP contribution < -0.4 is 0 Å². The van der Waals surface area contributed by atoms with Crippen molar-refractivity contribution in [2.45, 2.75) is 0 Å². The molecule has 0 unspecified atom stereocenters. The Kier molecular flexibility index (Phi) is 2.91. The van der Waals surface area contributed by atoms with Crippen molar-refractivity contribution < 1.29 is 4.42 Å². The van der Waals surface area contributed by atoms with E-state index in [1.807, 2.05) is 6.07 Å². The number of para-hydroxylation sites is 2. The molecule has 0 saturated carbocycles. The molecule has 6 aromatic carbocycles. The van der Waals surface area contributed by atoms with Gasteiger partial charge in [0.05, 0.1) is 5.52 Å². The Hall–Kier alpha value is -4.30. The zero-order valence-corrected chi connectivity index (χ0v) is 17.1. The number of benzene rings is 6. The number of furan rings is 1. The van der Waals surface area contributed by atoms with Crippen LogP contribution in [0.15, 0.2) is 101 Å². The molecule has 2 heterocycles. The zero-order chi connectivity index (χ0) is 20.8. The molecule has 0 radical (unpaired) electrons. The van der Waals surface area contributed by atoms with Gasteiger partial charge in [-0.2, -0.15) is 0 Å². The van der Waals surface area contributed by atoms with Crippen LogP contribution in [-0.4, -0.2) is 4.98 Å². The number of nitrogens with one attached hydrogen (secondary N) is 1. The van der Waals surface area contributed by atoms with E-state index in [0.29, 0.717) is 0 Å². The highest BCUT2D eigenvalue weighted by Crippen LogP contribution is 2.47. The first-order valence-electron chi connectivity index (χ1n) is 11.0. The maximum absolute atomic E-state index is 6.48. The highest BCUT2D eigenvalue weighted by Gasteiger charge is 2.21. The summed E-state index contributed by atoms with van der Waals surface area (Å²) < 4.78 is 6.48. The van der Waals surface area contributed by atoms with Crippen molar-refractivity contribution in [1.82, 2.24) is 4.98 Å². The third-order valence-electron chi connectivity index (χ3n) is 6.96. The number of rotatable bonds is 0. The van der Waals surface area contributed by atoms with Gasteiger partial charge in [-0.25, -0.2) is 0 Å². The van der Waals surface area contributed by atoms with Gasteiger partial charge in [-0.1, -0.05) is 84.9 Å². The largest absolute Gasteiger partial charge is 0.455 e. The molecule has 0 spiro atoms. The van der Waals surface area contributed by atoms with Crippen LogP contribution in [-0.2, 0) is 0 Å². The molecule has 0 aliphatic rings. The number of fused-ring (bicyclic) bond motifs is 15. The van der Waals surface area contributed by atoms with Gasteiger partial charge in [0.15, 0.2) is 0 Å². The summed E-state index contributed by atoms with van der Waals surface area (Å²) in [4.78, 5) is 3.78. The van der Waals surface area contributed by atoms with Crippen molar-refractivity contribution in [2.24, 2.45) is 0 Å². The Morgan fingerprint density at radius 1 is 0.438 bits per heavy atom. The molecule has 2 aromatic heterocycles. The van der Waals surface area contributed by atoms with Crippen molar-refractivity contribution >= 4 is 76.1 Å². The molecule has 148 valence electrons. The molecule has 0 aliphatic carbocycles. The molecule has 8 aromatic rings. The van der Waals surface area contributed by atoms with Crippen molar-refractivity contribution in [3.63, 3.8) is 0 Å². The summed E-state index contributed by atoms with van der Waals surface area (Å²) >= 11 is 0. The lowest BCUT2D eigenvalue weighted by atomic mass is 9.90. The summed E-state index contributed by atoms with van der Waals surface area (Å²) in [5.41, 5.74) is 4.26. The van der Waals surface area contributed by atoms with E-state index in [1.165, 1.54) is 59.5 Å². The van der Waals surface area contributed by atoms with Crippen LogP contribution in [0.3, 0.4) is 0 Å². The van der Waals surface area contributed by atoms with Gasteiger partial charge in [0.2, 0.25) is 0 Å². The molecule has 8 rings (SSSR count). The minimum absolute atomic E-state index is 0.931. The van der Waals surface area contributed by atoms with Crippen LogP contribution in [0, 0.1) is 0 Å². The van der Waals surface area contributed by atoms with E-state index in [9.17, 15) is 0 Å². The monoisotopic (exact) mass is 407 g/mol. The van der Waals surface area contributed by atoms with E-state index in [0.717, 1.165) is 16.6 Å². The predicted molar refractivity (Wildman–Crippen MR) is 136 cm³/mol. The van der Waals surface area contributed by atoms with Crippen LogP contribution in [0.1, 0.15) is 0 Å². The second-order valence-corrected chi connectivity index (χ2v) is 8.56. The van der Waals surface area contributed by atoms with E-state index < -0.39 is 0 Å². The highest BCUT2D eigenvalue weighted by molar-refractivity contribution is 6.43. The van der Waals surface area contributed by atoms with E-state index >= 15 is 0 Å². The standard InChI is InChI=1S/C30H17NO/c1-2-10-18-17(9-1)25-21-13-5-7-15-23(21)31-29(25)27-19-11-3-4-12-20(19)30-28(26(18)27)22-14-6-8-16-24(22)32-30/h1-16,31H. The van der Waals surface area contributed by atoms with E-state index in [1.54, 1.807) is 0 Å². The topological polar surface area (TPSA) is 28.9 Å². The molecular formula is C30H17NO. The van der Waals surface area contributed by atoms with Gasteiger partial charge in [-0.3, -0.25) is 0 Å². The van der Waals surface area contributed by atoms with Crippen molar-refractivity contribution in [1.29, 1.82) is 0 Å². The maximum atomic E-state index is 6.48. The van der Waals surface area contributed by atoms with Crippen molar-refractivity contribution in [3.8, 4) is 0 Å². The lowest BCUT2D eigenvalue weighted by Crippen LogP contribution is -1.86. The lowest BCUT2D eigenvalue weighted by Gasteiger charge is -2.12. The summed E-state index contributed by atoms with van der Waals surface area (Å²) in [7, 11) is 0. The zero-order valence-electron chi connectivity index (χ0n) is 17.1. The van der Waals surface area contributed by atoms with Crippen LogP contribution in [0.5, 0.6) is 0 Å². The van der Waals surface area contributed by atoms with Crippen LogP contribution in [0.4, 0.5) is 0 Å². The molecule has 32 heavy (non-hydrogen) atoms. The first-order chi connectivity index (χ1) is 15.9. The molecule has 0 amide bonds. The van der Waals surface area contributed by atoms with Gasteiger partial charge in [-0.05, 0) is 28.3 Å². The summed E-state index contributed by atoms with van der Waals surface area (Å²) in [6, 6.07) is 34.4. The van der Waals surface area contributed by atoms with Gasteiger partial charge in [0, 0.05) is 43.2 Å². The van der Waals surface area contributed by atoms with E-state index in [2.05, 4.69) is 96.0 Å². The highest BCUT2D eigenvalue weighted by atomic mass is 16.3. The first kappa shape index (κ1) is 16.4. The Morgan fingerprint density at radius 3 is 1.78 bits per heavy atom. The Balaban J connectivity index is 1.86. The predicted octanol–water partition coefficient (Wildman–Crippen LogP) is 8.68. The van der Waals surface area contributed by atoms with Crippen molar-refractivity contribution in [3.05, 3.63) is 97.1 Å². The summed E-state index contributed by atoms with van der Waals surface area (Å²) in [5.74, 6) is 0. The quantitative estimate of drug-likeness (QED) is 0.250. The minimum Gasteiger partial charge on any atom is -0.455 e. The fraction of sp³-hybridized carbons (Fsp3) is 0. The minimum atomic E-state index is 0.931. The van der Waals surface area contributed by atoms with Crippen LogP contribution >= 0.6 is 0 Å². The summed E-state index contributed by atoms with van der Waals surface area (Å²) in [6.07, 6.45) is 0. The average molecular weight is 407 g/mol. The second kappa shape index (κ2) is 5.68. The Bertz CT molecular complexity index is 2040. The fourth-order valence-corrected chi connectivity index (χ4v) is 5.70. The smallest absolute Gasteiger partial charge is 0.143 e. The number of aromatic amines is 1. The fourth-order valence-electron chi connectivity index (χ4n) is 5.70. The SMILES string of the molecule is c1ccc2c(c1)[nH]c1c2c2ccccc2c2c1c1ccccc1c1oc3ccccc3c12. The van der Waals surface area contributed by atoms with Gasteiger partial charge >= 0.3 is 0 Å². The molecule has 0 fully saturated rings. The van der Waals surface area contributed by atoms with Crippen LogP contribution in [0.2, 0.25) is 0 Å². The van der Waals surface area contributed by atoms with Gasteiger partial charge in [0.25, 0.3) is 0 Å². The van der Waals surface area contributed by atoms with Gasteiger partial charge in [0.1, 0.15) is 11.2 Å². The lowest BCUT2D eigenvalue weighted by molar-refractivity contribution is 0.673. The molecular weight excluding hydrogens is 390 g/mol. The summed E-state index contributed by atoms with van der Waals surface area (Å²) in [5, 5.41) is 12.4. The molecule has 0 atom stereocenters. The number of aromatic nitrogens is 1. The molecule has 0 saturated heterocycles. The normalized spacial score (nSPS) is 12.4. The maximum Gasteiger partial charge on any atom is 0.143 e. The van der Waals surface area contributed by atoms with E-state index in [4.69, 9.17) is 4.42 Å². The molecule has 0 bridgehead atoms. The average Bonchev–Trinajstić information content (AvgIpc) is 3.43. The molecule has 2 heteroatoms. The Morgan fingerprint density at radius 2 is 1.00 bits per heavy atom. The number of H-pyrrole nitrogens is 1. The number of hydrogen-bond donors (Lipinski definition) is 1. The third kappa shape index (κ3) is 1.86. The number of hydrogen-bond acceptors (Lipinski definition) is 1. The van der Waals surface area contributed by atoms with E-state index in [-0.39, 0.29) is 0 Å². The van der Waals surface area contributed by atoms with Crippen molar-refractivity contribution in [2.75, 3.05) is 0 Å². The third-order valence-corrected chi connectivity index (χ3v) is 6.96. The van der Waals surface area contributed by atoms with Crippen LogP contribution in [0.25, 0.3) is 76.1 Å². The van der Waals surface area contributed by atoms with Gasteiger partial charge in [-0.15, -0.1) is 0 Å². The first-order valence-corrected chi connectivity index (χ1v) is 11.0. The molecule has 2 nitrogen and oxygen atoms in total.